The van der Waals surface area contributed by atoms with Gasteiger partial charge in [-0.25, -0.2) is 4.98 Å². The number of aliphatic hydroxyl groups excluding tert-OH is 1. The maximum atomic E-state index is 14.0. The SMILES string of the molecule is Cc1ncsc1-c1ccc([C@H](C)NC(=O)[C@@H]2C[C@@H](O)CN2C(=O)[C@@H](NC(=O)CCCCc2ccc(COC[C@@H](C)CCC(N)=O)cc2)C(C)(C)C)cc1. The molecule has 11 nitrogen and oxygen atoms in total. The highest BCUT2D eigenvalue weighted by Crippen LogP contribution is 2.29. The van der Waals surface area contributed by atoms with E-state index in [1.807, 2.05) is 83.5 Å². The molecule has 3 aromatic rings. The maximum absolute atomic E-state index is 14.0. The van der Waals surface area contributed by atoms with Gasteiger partial charge in [0.25, 0.3) is 0 Å². The molecular formula is C41H57N5O6S. The van der Waals surface area contributed by atoms with Gasteiger partial charge in [-0.1, -0.05) is 76.2 Å². The van der Waals surface area contributed by atoms with Crippen LogP contribution in [0.25, 0.3) is 10.4 Å². The summed E-state index contributed by atoms with van der Waals surface area (Å²) in [4.78, 5) is 58.5. The number of hydrogen-bond donors (Lipinski definition) is 4. The summed E-state index contributed by atoms with van der Waals surface area (Å²) in [6.45, 7) is 12.7. The van der Waals surface area contributed by atoms with Crippen molar-refractivity contribution in [3.8, 4) is 10.4 Å². The minimum absolute atomic E-state index is 0.0254. The number of rotatable bonds is 18. The van der Waals surface area contributed by atoms with E-state index in [1.54, 1.807) is 11.3 Å². The fourth-order valence-corrected chi connectivity index (χ4v) is 7.33. The number of thiazole rings is 1. The third-order valence-corrected chi connectivity index (χ3v) is 10.7. The number of primary amides is 1. The molecule has 5 N–H and O–H groups in total. The Labute approximate surface area is 318 Å². The van der Waals surface area contributed by atoms with Gasteiger partial charge in [-0.3, -0.25) is 19.2 Å². The molecule has 0 aliphatic carbocycles. The number of amides is 4. The van der Waals surface area contributed by atoms with Crippen LogP contribution in [0.15, 0.2) is 54.0 Å². The Morgan fingerprint density at radius 1 is 1.00 bits per heavy atom. The minimum atomic E-state index is -0.864. The molecule has 1 aliphatic heterocycles. The second kappa shape index (κ2) is 19.3. The van der Waals surface area contributed by atoms with E-state index in [2.05, 4.69) is 27.8 Å². The van der Waals surface area contributed by atoms with Crippen molar-refractivity contribution in [1.29, 1.82) is 0 Å². The van der Waals surface area contributed by atoms with Crippen molar-refractivity contribution in [1.82, 2.24) is 20.5 Å². The van der Waals surface area contributed by atoms with Crippen LogP contribution in [-0.2, 0) is 36.9 Å². The van der Waals surface area contributed by atoms with Gasteiger partial charge in [-0.05, 0) is 73.1 Å². The lowest BCUT2D eigenvalue weighted by Gasteiger charge is -2.35. The molecule has 0 saturated carbocycles. The fourth-order valence-electron chi connectivity index (χ4n) is 6.52. The number of β-amino-alcohol motifs (C(OH)–C–C–N with tert-alkyl or cyclic N) is 1. The first kappa shape index (κ1) is 41.6. The van der Waals surface area contributed by atoms with Crippen LogP contribution in [0.3, 0.4) is 0 Å². The Morgan fingerprint density at radius 3 is 2.30 bits per heavy atom. The smallest absolute Gasteiger partial charge is 0.246 e. The Bertz CT molecular complexity index is 1670. The largest absolute Gasteiger partial charge is 0.391 e. The van der Waals surface area contributed by atoms with Crippen molar-refractivity contribution in [3.63, 3.8) is 0 Å². The van der Waals surface area contributed by atoms with Crippen molar-refractivity contribution >= 4 is 35.0 Å². The van der Waals surface area contributed by atoms with Gasteiger partial charge in [0.15, 0.2) is 0 Å². The lowest BCUT2D eigenvalue weighted by atomic mass is 9.85. The molecule has 2 aromatic carbocycles. The first-order chi connectivity index (χ1) is 25.1. The standard InChI is InChI=1S/C41H57N5O6S/c1-26(11-20-35(42)48)23-52-24-30-14-12-29(13-15-30)9-7-8-10-36(49)45-38(41(4,5)6)40(51)46-22-33(47)21-34(46)39(50)44-27(2)31-16-18-32(19-17-31)37-28(3)43-25-53-37/h12-19,25-27,33-34,38,47H,7-11,20-24H2,1-6H3,(H2,42,48)(H,44,50)(H,45,49)/t26-,27-,33+,34-,38+/m0/s1. The number of carbonyl (C=O) groups excluding carboxylic acids is 4. The molecule has 4 rings (SSSR count). The molecule has 288 valence electrons. The molecule has 1 aliphatic rings. The molecule has 1 aromatic heterocycles. The Morgan fingerprint density at radius 2 is 1.68 bits per heavy atom. The van der Waals surface area contributed by atoms with Crippen LogP contribution >= 0.6 is 11.3 Å². The number of carbonyl (C=O) groups is 4. The zero-order valence-corrected chi connectivity index (χ0v) is 32.8. The molecule has 0 unspecified atom stereocenters. The Kier molecular flexibility index (Phi) is 15.1. The molecule has 1 fully saturated rings. The molecule has 0 radical (unpaired) electrons. The molecule has 53 heavy (non-hydrogen) atoms. The number of nitrogens with two attached hydrogens (primary N) is 1. The summed E-state index contributed by atoms with van der Waals surface area (Å²) < 4.78 is 5.80. The number of unbranched alkanes of at least 4 members (excludes halogenated alkanes) is 1. The van der Waals surface area contributed by atoms with E-state index in [0.717, 1.165) is 40.1 Å². The quantitative estimate of drug-likeness (QED) is 0.123. The highest BCUT2D eigenvalue weighted by Gasteiger charge is 2.44. The summed E-state index contributed by atoms with van der Waals surface area (Å²) in [6, 6.07) is 14.2. The first-order valence-corrected chi connectivity index (χ1v) is 19.5. The second-order valence-electron chi connectivity index (χ2n) is 15.5. The molecule has 2 heterocycles. The number of aliphatic hydroxyl groups is 1. The third kappa shape index (κ3) is 12.5. The van der Waals surface area contributed by atoms with E-state index in [4.69, 9.17) is 10.5 Å². The molecule has 1 saturated heterocycles. The molecular weight excluding hydrogens is 691 g/mol. The topological polar surface area (TPSA) is 164 Å². The first-order valence-electron chi connectivity index (χ1n) is 18.6. The summed E-state index contributed by atoms with van der Waals surface area (Å²) in [7, 11) is 0. The van der Waals surface area contributed by atoms with E-state index < -0.39 is 23.6 Å². The van der Waals surface area contributed by atoms with Crippen LogP contribution in [0.5, 0.6) is 0 Å². The third-order valence-electron chi connectivity index (χ3n) is 9.76. The van der Waals surface area contributed by atoms with E-state index in [1.165, 1.54) is 10.5 Å². The minimum Gasteiger partial charge on any atom is -0.391 e. The average molecular weight is 748 g/mol. The maximum Gasteiger partial charge on any atom is 0.246 e. The van der Waals surface area contributed by atoms with Gasteiger partial charge >= 0.3 is 0 Å². The highest BCUT2D eigenvalue weighted by molar-refractivity contribution is 7.13. The van der Waals surface area contributed by atoms with Crippen LogP contribution in [0.4, 0.5) is 0 Å². The van der Waals surface area contributed by atoms with Crippen molar-refractivity contribution in [2.45, 2.75) is 117 Å². The summed E-state index contributed by atoms with van der Waals surface area (Å²) in [6.07, 6.45) is 2.92. The van der Waals surface area contributed by atoms with Gasteiger partial charge in [-0.2, -0.15) is 0 Å². The van der Waals surface area contributed by atoms with Gasteiger partial charge in [-0.15, -0.1) is 11.3 Å². The average Bonchev–Trinajstić information content (AvgIpc) is 3.73. The van der Waals surface area contributed by atoms with Gasteiger partial charge in [0.1, 0.15) is 12.1 Å². The Hall–Kier alpha value is -4.13. The van der Waals surface area contributed by atoms with Crippen LogP contribution in [-0.4, -0.2) is 70.0 Å². The number of hydrogen-bond acceptors (Lipinski definition) is 8. The molecule has 0 bridgehead atoms. The predicted molar refractivity (Wildman–Crippen MR) is 208 cm³/mol. The number of nitrogens with zero attached hydrogens (tertiary/aromatic N) is 2. The lowest BCUT2D eigenvalue weighted by Crippen LogP contribution is -2.57. The summed E-state index contributed by atoms with van der Waals surface area (Å²) in [5.74, 6) is -0.961. The van der Waals surface area contributed by atoms with Gasteiger partial charge in [0.05, 0.1) is 34.8 Å². The van der Waals surface area contributed by atoms with Gasteiger partial charge in [0, 0.05) is 32.4 Å². The van der Waals surface area contributed by atoms with Crippen molar-refractivity contribution in [2.24, 2.45) is 17.1 Å². The number of benzene rings is 2. The number of aryl methyl sites for hydroxylation is 2. The number of nitrogens with one attached hydrogen (secondary N) is 2. The summed E-state index contributed by atoms with van der Waals surface area (Å²) in [5, 5.41) is 16.6. The molecule has 0 spiro atoms. The zero-order valence-electron chi connectivity index (χ0n) is 32.0. The van der Waals surface area contributed by atoms with Crippen molar-refractivity contribution in [2.75, 3.05) is 13.2 Å². The number of likely N-dealkylation sites (tertiary alicyclic amines) is 1. The van der Waals surface area contributed by atoms with E-state index >= 15 is 0 Å². The fraction of sp³-hybridized carbons (Fsp3) is 0.537. The van der Waals surface area contributed by atoms with Crippen LogP contribution < -0.4 is 16.4 Å². The van der Waals surface area contributed by atoms with Gasteiger partial charge in [0.2, 0.25) is 23.6 Å². The van der Waals surface area contributed by atoms with Crippen LogP contribution in [0.2, 0.25) is 0 Å². The molecule has 4 amide bonds. The summed E-state index contributed by atoms with van der Waals surface area (Å²) in [5.41, 5.74) is 11.6. The zero-order chi connectivity index (χ0) is 38.7. The molecule has 12 heteroatoms. The molecule has 5 atom stereocenters. The Balaban J connectivity index is 1.25. The highest BCUT2D eigenvalue weighted by atomic mass is 32.1. The number of aromatic nitrogens is 1. The normalized spacial score (nSPS) is 17.6. The van der Waals surface area contributed by atoms with Crippen molar-refractivity contribution < 1.29 is 29.0 Å². The van der Waals surface area contributed by atoms with Gasteiger partial charge < -0.3 is 31.1 Å². The van der Waals surface area contributed by atoms with E-state index in [9.17, 15) is 24.3 Å². The van der Waals surface area contributed by atoms with Crippen LogP contribution in [0.1, 0.15) is 102 Å². The van der Waals surface area contributed by atoms with Crippen molar-refractivity contribution in [3.05, 3.63) is 76.4 Å². The summed E-state index contributed by atoms with van der Waals surface area (Å²) >= 11 is 1.58. The number of ether oxygens (including phenoxy) is 1. The van der Waals surface area contributed by atoms with E-state index in [0.29, 0.717) is 32.5 Å². The monoisotopic (exact) mass is 747 g/mol. The lowest BCUT2D eigenvalue weighted by molar-refractivity contribution is -0.144. The van der Waals surface area contributed by atoms with E-state index in [-0.39, 0.29) is 55.0 Å². The van der Waals surface area contributed by atoms with Crippen LogP contribution in [0, 0.1) is 18.3 Å². The second-order valence-corrected chi connectivity index (χ2v) is 16.4. The predicted octanol–water partition coefficient (Wildman–Crippen LogP) is 5.62.